The van der Waals surface area contributed by atoms with Crippen LogP contribution in [0.4, 0.5) is 0 Å². The summed E-state index contributed by atoms with van der Waals surface area (Å²) in [5.41, 5.74) is 2.42. The highest BCUT2D eigenvalue weighted by Crippen LogP contribution is 2.11. The minimum absolute atomic E-state index is 0.634. The molecule has 1 rings (SSSR count). The fraction of sp³-hybridized carbons (Fsp3) is 0.706. The summed E-state index contributed by atoms with van der Waals surface area (Å²) in [4.78, 5) is 7.02. The summed E-state index contributed by atoms with van der Waals surface area (Å²) in [7, 11) is 2.20. The van der Waals surface area contributed by atoms with Crippen LogP contribution in [-0.2, 0) is 13.1 Å². The van der Waals surface area contributed by atoms with E-state index in [4.69, 9.17) is 0 Å². The fourth-order valence-electron chi connectivity index (χ4n) is 2.29. The zero-order valence-electron chi connectivity index (χ0n) is 14.2. The Morgan fingerprint density at radius 3 is 2.62 bits per heavy atom. The van der Waals surface area contributed by atoms with Crippen LogP contribution in [0, 0.1) is 5.92 Å². The molecule has 4 heteroatoms. The van der Waals surface area contributed by atoms with E-state index in [1.54, 1.807) is 0 Å². The normalized spacial score (nSPS) is 13.1. The van der Waals surface area contributed by atoms with Crippen molar-refractivity contribution in [2.45, 2.75) is 46.3 Å². The molecule has 0 saturated heterocycles. The topological polar surface area (TPSA) is 28.2 Å². The first-order valence-corrected chi connectivity index (χ1v) is 9.29. The second-order valence-corrected chi connectivity index (χ2v) is 7.03. The average Bonchev–Trinajstić information content (AvgIpc) is 2.46. The van der Waals surface area contributed by atoms with Gasteiger partial charge in [-0.05, 0) is 43.8 Å². The summed E-state index contributed by atoms with van der Waals surface area (Å²) in [5.74, 6) is 1.87. The van der Waals surface area contributed by atoms with Gasteiger partial charge >= 0.3 is 0 Å². The molecule has 0 radical (unpaired) electrons. The summed E-state index contributed by atoms with van der Waals surface area (Å²) >= 11 is 1.92. The number of hydrogen-bond acceptors (Lipinski definition) is 4. The van der Waals surface area contributed by atoms with Gasteiger partial charge in [-0.25, -0.2) is 0 Å². The Labute approximate surface area is 134 Å². The van der Waals surface area contributed by atoms with Crippen molar-refractivity contribution < 1.29 is 0 Å². The van der Waals surface area contributed by atoms with Gasteiger partial charge in [0.2, 0.25) is 0 Å². The number of rotatable bonds is 10. The van der Waals surface area contributed by atoms with Crippen molar-refractivity contribution in [3.05, 3.63) is 29.6 Å². The molecule has 0 bridgehead atoms. The van der Waals surface area contributed by atoms with Gasteiger partial charge in [0.1, 0.15) is 0 Å². The molecule has 1 heterocycles. The molecule has 0 aliphatic heterocycles. The average molecular weight is 310 g/mol. The Bertz CT molecular complexity index is 378. The highest BCUT2D eigenvalue weighted by Gasteiger charge is 2.12. The Kier molecular flexibility index (Phi) is 8.97. The molecule has 0 saturated carbocycles. The number of thioether (sulfide) groups is 1. The van der Waals surface area contributed by atoms with Crippen LogP contribution < -0.4 is 5.32 Å². The Morgan fingerprint density at radius 1 is 1.33 bits per heavy atom. The SMILES string of the molecule is CCC(CSC)N(C)Cc1ccc(CNCC(C)C)cn1. The minimum Gasteiger partial charge on any atom is -0.312 e. The van der Waals surface area contributed by atoms with E-state index in [2.05, 4.69) is 61.4 Å². The lowest BCUT2D eigenvalue weighted by atomic mass is 10.2. The lowest BCUT2D eigenvalue weighted by Crippen LogP contribution is -2.32. The molecule has 1 aromatic rings. The maximum absolute atomic E-state index is 4.60. The highest BCUT2D eigenvalue weighted by molar-refractivity contribution is 7.98. The quantitative estimate of drug-likeness (QED) is 0.717. The maximum atomic E-state index is 4.60. The number of nitrogens with zero attached hydrogens (tertiary/aromatic N) is 2. The van der Waals surface area contributed by atoms with Gasteiger partial charge in [0, 0.05) is 31.1 Å². The summed E-state index contributed by atoms with van der Waals surface area (Å²) < 4.78 is 0. The number of aromatic nitrogens is 1. The lowest BCUT2D eigenvalue weighted by molar-refractivity contribution is 0.245. The van der Waals surface area contributed by atoms with Crippen LogP contribution in [0.25, 0.3) is 0 Å². The largest absolute Gasteiger partial charge is 0.312 e. The van der Waals surface area contributed by atoms with Gasteiger partial charge in [0.05, 0.1) is 5.69 Å². The van der Waals surface area contributed by atoms with Gasteiger partial charge in [0.15, 0.2) is 0 Å². The minimum atomic E-state index is 0.634. The molecule has 1 atom stereocenters. The summed E-state index contributed by atoms with van der Waals surface area (Å²) in [6.07, 6.45) is 5.37. The molecule has 0 aromatic carbocycles. The number of hydrogen-bond donors (Lipinski definition) is 1. The van der Waals surface area contributed by atoms with Crippen molar-refractivity contribution in [3.8, 4) is 0 Å². The van der Waals surface area contributed by atoms with E-state index >= 15 is 0 Å². The standard InChI is InChI=1S/C17H31N3S/c1-6-17(13-21-5)20(4)12-16-8-7-15(11-19-16)10-18-9-14(2)3/h7-8,11,14,17-18H,6,9-10,12-13H2,1-5H3. The third kappa shape index (κ3) is 7.30. The smallest absolute Gasteiger partial charge is 0.0544 e. The third-order valence-electron chi connectivity index (χ3n) is 3.63. The second-order valence-electron chi connectivity index (χ2n) is 6.12. The van der Waals surface area contributed by atoms with Crippen molar-refractivity contribution >= 4 is 11.8 Å². The molecule has 0 spiro atoms. The molecule has 21 heavy (non-hydrogen) atoms. The third-order valence-corrected chi connectivity index (χ3v) is 4.35. The van der Waals surface area contributed by atoms with E-state index in [1.165, 1.54) is 17.7 Å². The first kappa shape index (κ1) is 18.5. The summed E-state index contributed by atoms with van der Waals surface area (Å²) in [6.45, 7) is 9.60. The molecule has 0 aliphatic carbocycles. The van der Waals surface area contributed by atoms with Crippen molar-refractivity contribution in [1.29, 1.82) is 0 Å². The zero-order chi connectivity index (χ0) is 15.7. The van der Waals surface area contributed by atoms with E-state index in [-0.39, 0.29) is 0 Å². The second kappa shape index (κ2) is 10.2. The van der Waals surface area contributed by atoms with E-state index in [0.29, 0.717) is 12.0 Å². The van der Waals surface area contributed by atoms with E-state index in [1.807, 2.05) is 18.0 Å². The van der Waals surface area contributed by atoms with Gasteiger partial charge in [-0.1, -0.05) is 26.8 Å². The van der Waals surface area contributed by atoms with Gasteiger partial charge in [-0.3, -0.25) is 9.88 Å². The van der Waals surface area contributed by atoms with Gasteiger partial charge < -0.3 is 5.32 Å². The molecular weight excluding hydrogens is 278 g/mol. The van der Waals surface area contributed by atoms with Gasteiger partial charge in [-0.2, -0.15) is 11.8 Å². The number of nitrogens with one attached hydrogen (secondary N) is 1. The molecule has 3 nitrogen and oxygen atoms in total. The van der Waals surface area contributed by atoms with Crippen LogP contribution in [0.15, 0.2) is 18.3 Å². The van der Waals surface area contributed by atoms with Crippen molar-refractivity contribution in [1.82, 2.24) is 15.2 Å². The Balaban J connectivity index is 2.46. The Morgan fingerprint density at radius 2 is 2.10 bits per heavy atom. The van der Waals surface area contributed by atoms with Crippen molar-refractivity contribution in [2.24, 2.45) is 5.92 Å². The first-order chi connectivity index (χ1) is 10.1. The zero-order valence-corrected chi connectivity index (χ0v) is 15.0. The lowest BCUT2D eigenvalue weighted by Gasteiger charge is -2.26. The first-order valence-electron chi connectivity index (χ1n) is 7.90. The maximum Gasteiger partial charge on any atom is 0.0544 e. The van der Waals surface area contributed by atoms with E-state index in [0.717, 1.165) is 25.3 Å². The van der Waals surface area contributed by atoms with Gasteiger partial charge in [0.25, 0.3) is 0 Å². The van der Waals surface area contributed by atoms with E-state index in [9.17, 15) is 0 Å². The monoisotopic (exact) mass is 309 g/mol. The predicted molar refractivity (Wildman–Crippen MR) is 94.7 cm³/mol. The van der Waals surface area contributed by atoms with Crippen LogP contribution in [0.5, 0.6) is 0 Å². The van der Waals surface area contributed by atoms with Crippen molar-refractivity contribution in [3.63, 3.8) is 0 Å². The summed E-state index contributed by atoms with van der Waals surface area (Å²) in [6, 6.07) is 4.99. The summed E-state index contributed by atoms with van der Waals surface area (Å²) in [5, 5.41) is 3.45. The molecule has 120 valence electrons. The molecule has 0 amide bonds. The van der Waals surface area contributed by atoms with Crippen LogP contribution in [0.1, 0.15) is 38.4 Å². The van der Waals surface area contributed by atoms with E-state index < -0.39 is 0 Å². The number of pyridine rings is 1. The fourth-order valence-corrected chi connectivity index (χ4v) is 3.17. The van der Waals surface area contributed by atoms with Crippen LogP contribution in [0.3, 0.4) is 0 Å². The predicted octanol–water partition coefficient (Wildman–Crippen LogP) is 3.40. The molecular formula is C17H31N3S. The molecule has 1 unspecified atom stereocenters. The van der Waals surface area contributed by atoms with Crippen LogP contribution >= 0.6 is 11.8 Å². The molecule has 1 N–H and O–H groups in total. The molecule has 0 aliphatic rings. The van der Waals surface area contributed by atoms with Gasteiger partial charge in [-0.15, -0.1) is 0 Å². The molecule has 0 fully saturated rings. The molecule has 1 aromatic heterocycles. The Hall–Kier alpha value is -0.580. The van der Waals surface area contributed by atoms with Crippen LogP contribution in [0.2, 0.25) is 0 Å². The van der Waals surface area contributed by atoms with Crippen LogP contribution in [-0.4, -0.2) is 41.5 Å². The highest BCUT2D eigenvalue weighted by atomic mass is 32.2. The van der Waals surface area contributed by atoms with Crippen molar-refractivity contribution in [2.75, 3.05) is 25.6 Å².